The van der Waals surface area contributed by atoms with Crippen LogP contribution in [0.1, 0.15) is 12.5 Å². The number of benzene rings is 1. The van der Waals surface area contributed by atoms with Gasteiger partial charge < -0.3 is 15.2 Å². The van der Waals surface area contributed by atoms with Gasteiger partial charge in [0.1, 0.15) is 0 Å². The van der Waals surface area contributed by atoms with E-state index in [9.17, 15) is 4.79 Å². The van der Waals surface area contributed by atoms with E-state index in [0.717, 1.165) is 40.6 Å². The van der Waals surface area contributed by atoms with Gasteiger partial charge in [0.25, 0.3) is 0 Å². The topological polar surface area (TPSA) is 48.1 Å². The van der Waals surface area contributed by atoms with E-state index in [0.29, 0.717) is 12.5 Å². The van der Waals surface area contributed by atoms with Crippen LogP contribution in [-0.4, -0.2) is 41.5 Å². The highest BCUT2D eigenvalue weighted by molar-refractivity contribution is 9.10. The lowest BCUT2D eigenvalue weighted by atomic mass is 10.1. The van der Waals surface area contributed by atoms with Gasteiger partial charge in [0.15, 0.2) is 0 Å². The van der Waals surface area contributed by atoms with Crippen LogP contribution >= 0.6 is 28.3 Å². The number of amides is 1. The fourth-order valence-corrected chi connectivity index (χ4v) is 3.10. The SMILES string of the molecule is C[C@@H]1CN(C(=O)Cc2c[nH]c3cc(Br)ccc23)CCN1.Cl. The molecule has 2 heterocycles. The van der Waals surface area contributed by atoms with Crippen LogP contribution < -0.4 is 5.32 Å². The van der Waals surface area contributed by atoms with Crippen LogP contribution in [0.2, 0.25) is 0 Å². The standard InChI is InChI=1S/C15H18BrN3O.ClH/c1-10-9-19(5-4-17-10)15(20)6-11-8-18-14-7-12(16)2-3-13(11)14;/h2-3,7-8,10,17-18H,4-6,9H2,1H3;1H/t10-;/m1./s1. The third-order valence-electron chi connectivity index (χ3n) is 3.79. The highest BCUT2D eigenvalue weighted by atomic mass is 79.9. The van der Waals surface area contributed by atoms with Crippen molar-refractivity contribution in [3.05, 3.63) is 34.4 Å². The molecule has 0 radical (unpaired) electrons. The van der Waals surface area contributed by atoms with Crippen LogP contribution in [0.5, 0.6) is 0 Å². The number of hydrogen-bond acceptors (Lipinski definition) is 2. The molecule has 1 aromatic heterocycles. The third-order valence-corrected chi connectivity index (χ3v) is 4.29. The van der Waals surface area contributed by atoms with Gasteiger partial charge in [-0.2, -0.15) is 0 Å². The lowest BCUT2D eigenvalue weighted by Crippen LogP contribution is -2.51. The number of halogens is 2. The maximum absolute atomic E-state index is 12.4. The van der Waals surface area contributed by atoms with Gasteiger partial charge in [-0.1, -0.05) is 22.0 Å². The summed E-state index contributed by atoms with van der Waals surface area (Å²) in [5.74, 6) is 0.210. The summed E-state index contributed by atoms with van der Waals surface area (Å²) in [6.45, 7) is 4.60. The first-order valence-corrected chi connectivity index (χ1v) is 7.69. The number of rotatable bonds is 2. The molecule has 21 heavy (non-hydrogen) atoms. The predicted molar refractivity (Wildman–Crippen MR) is 91.0 cm³/mol. The molecule has 1 amide bonds. The van der Waals surface area contributed by atoms with Crippen molar-refractivity contribution < 1.29 is 4.79 Å². The lowest BCUT2D eigenvalue weighted by Gasteiger charge is -2.32. The van der Waals surface area contributed by atoms with E-state index in [-0.39, 0.29) is 18.3 Å². The molecule has 1 aromatic carbocycles. The van der Waals surface area contributed by atoms with Gasteiger partial charge in [-0.3, -0.25) is 4.79 Å². The second-order valence-electron chi connectivity index (χ2n) is 5.38. The van der Waals surface area contributed by atoms with Crippen LogP contribution in [0.3, 0.4) is 0 Å². The first kappa shape index (κ1) is 16.3. The molecule has 0 aliphatic carbocycles. The molecule has 1 aliphatic rings. The van der Waals surface area contributed by atoms with Crippen LogP contribution in [0.15, 0.2) is 28.9 Å². The van der Waals surface area contributed by atoms with Gasteiger partial charge in [0.2, 0.25) is 5.91 Å². The molecule has 114 valence electrons. The number of nitrogens with zero attached hydrogens (tertiary/aromatic N) is 1. The van der Waals surface area contributed by atoms with E-state index in [1.807, 2.05) is 23.2 Å². The largest absolute Gasteiger partial charge is 0.361 e. The van der Waals surface area contributed by atoms with Crippen molar-refractivity contribution in [3.8, 4) is 0 Å². The third kappa shape index (κ3) is 3.59. The number of aromatic nitrogens is 1. The summed E-state index contributed by atoms with van der Waals surface area (Å²) in [5.41, 5.74) is 2.14. The van der Waals surface area contributed by atoms with E-state index < -0.39 is 0 Å². The number of fused-ring (bicyclic) bond motifs is 1. The molecule has 6 heteroatoms. The average Bonchev–Trinajstić information content (AvgIpc) is 2.81. The molecule has 1 fully saturated rings. The van der Waals surface area contributed by atoms with Crippen molar-refractivity contribution in [3.63, 3.8) is 0 Å². The fourth-order valence-electron chi connectivity index (χ4n) is 2.74. The van der Waals surface area contributed by atoms with E-state index >= 15 is 0 Å². The highest BCUT2D eigenvalue weighted by Gasteiger charge is 2.21. The number of piperazine rings is 1. The Bertz CT molecular complexity index is 643. The van der Waals surface area contributed by atoms with Crippen LogP contribution in [0.25, 0.3) is 10.9 Å². The number of nitrogens with one attached hydrogen (secondary N) is 2. The number of hydrogen-bond donors (Lipinski definition) is 2. The van der Waals surface area contributed by atoms with Crippen LogP contribution in [-0.2, 0) is 11.2 Å². The molecule has 3 rings (SSSR count). The fraction of sp³-hybridized carbons (Fsp3) is 0.400. The summed E-state index contributed by atoms with van der Waals surface area (Å²) < 4.78 is 1.04. The van der Waals surface area contributed by atoms with Gasteiger partial charge in [-0.15, -0.1) is 12.4 Å². The Morgan fingerprint density at radius 3 is 3.05 bits per heavy atom. The Hall–Kier alpha value is -1.04. The molecule has 1 saturated heterocycles. The zero-order valence-electron chi connectivity index (χ0n) is 11.9. The van der Waals surface area contributed by atoms with Crippen LogP contribution in [0.4, 0.5) is 0 Å². The lowest BCUT2D eigenvalue weighted by molar-refractivity contribution is -0.131. The second kappa shape index (κ2) is 6.81. The molecule has 1 aliphatic heterocycles. The summed E-state index contributed by atoms with van der Waals surface area (Å²) in [4.78, 5) is 17.6. The highest BCUT2D eigenvalue weighted by Crippen LogP contribution is 2.23. The van der Waals surface area contributed by atoms with Crippen molar-refractivity contribution >= 4 is 45.1 Å². The minimum absolute atomic E-state index is 0. The van der Waals surface area contributed by atoms with Gasteiger partial charge in [-0.25, -0.2) is 0 Å². The molecule has 0 saturated carbocycles. The van der Waals surface area contributed by atoms with Gasteiger partial charge >= 0.3 is 0 Å². The molecule has 2 aromatic rings. The summed E-state index contributed by atoms with van der Waals surface area (Å²) in [7, 11) is 0. The first-order valence-electron chi connectivity index (χ1n) is 6.90. The molecule has 2 N–H and O–H groups in total. The number of aromatic amines is 1. The molecule has 1 atom stereocenters. The summed E-state index contributed by atoms with van der Waals surface area (Å²) in [6.07, 6.45) is 2.41. The quantitative estimate of drug-likeness (QED) is 0.851. The first-order chi connectivity index (χ1) is 9.63. The predicted octanol–water partition coefficient (Wildman–Crippen LogP) is 2.72. The van der Waals surface area contributed by atoms with Crippen molar-refractivity contribution in [2.24, 2.45) is 0 Å². The minimum Gasteiger partial charge on any atom is -0.361 e. The van der Waals surface area contributed by atoms with Crippen molar-refractivity contribution in [1.29, 1.82) is 0 Å². The van der Waals surface area contributed by atoms with Crippen molar-refractivity contribution in [2.75, 3.05) is 19.6 Å². The zero-order chi connectivity index (χ0) is 14.1. The Balaban J connectivity index is 0.00000161. The van der Waals surface area contributed by atoms with Gasteiger partial charge in [0, 0.05) is 47.2 Å². The number of carbonyl (C=O) groups excluding carboxylic acids is 1. The zero-order valence-corrected chi connectivity index (χ0v) is 14.3. The minimum atomic E-state index is 0. The van der Waals surface area contributed by atoms with E-state index in [1.54, 1.807) is 0 Å². The van der Waals surface area contributed by atoms with E-state index in [2.05, 4.69) is 39.2 Å². The van der Waals surface area contributed by atoms with Gasteiger partial charge in [0.05, 0.1) is 6.42 Å². The smallest absolute Gasteiger partial charge is 0.227 e. The molecular formula is C15H19BrClN3O. The summed E-state index contributed by atoms with van der Waals surface area (Å²) in [5, 5.41) is 4.49. The maximum atomic E-state index is 12.4. The van der Waals surface area contributed by atoms with E-state index in [4.69, 9.17) is 0 Å². The Morgan fingerprint density at radius 2 is 2.29 bits per heavy atom. The van der Waals surface area contributed by atoms with Gasteiger partial charge in [-0.05, 0) is 24.6 Å². The number of carbonyl (C=O) groups is 1. The molecule has 0 bridgehead atoms. The second-order valence-corrected chi connectivity index (χ2v) is 6.29. The van der Waals surface area contributed by atoms with Crippen molar-refractivity contribution in [2.45, 2.75) is 19.4 Å². The van der Waals surface area contributed by atoms with E-state index in [1.165, 1.54) is 0 Å². The Morgan fingerprint density at radius 1 is 1.48 bits per heavy atom. The van der Waals surface area contributed by atoms with Crippen molar-refractivity contribution in [1.82, 2.24) is 15.2 Å². The molecule has 4 nitrogen and oxygen atoms in total. The molecule has 0 unspecified atom stereocenters. The molecular weight excluding hydrogens is 354 g/mol. The Kier molecular flexibility index (Phi) is 5.30. The monoisotopic (exact) mass is 371 g/mol. The Labute approximate surface area is 138 Å². The molecule has 0 spiro atoms. The maximum Gasteiger partial charge on any atom is 0.227 e. The average molecular weight is 373 g/mol. The summed E-state index contributed by atoms with van der Waals surface area (Å²) in [6, 6.07) is 6.48. The van der Waals surface area contributed by atoms with Crippen LogP contribution in [0, 0.1) is 0 Å². The summed E-state index contributed by atoms with van der Waals surface area (Å²) >= 11 is 3.46. The normalized spacial score (nSPS) is 18.6. The number of H-pyrrole nitrogens is 1.